The van der Waals surface area contributed by atoms with Gasteiger partial charge in [0.1, 0.15) is 5.82 Å². The van der Waals surface area contributed by atoms with Crippen molar-refractivity contribution in [3.8, 4) is 0 Å². The summed E-state index contributed by atoms with van der Waals surface area (Å²) >= 11 is 0. The third kappa shape index (κ3) is 2.01. The largest absolute Gasteiger partial charge is 0.391 e. The van der Waals surface area contributed by atoms with Gasteiger partial charge in [-0.15, -0.1) is 5.10 Å². The van der Waals surface area contributed by atoms with E-state index in [0.717, 1.165) is 30.6 Å². The van der Waals surface area contributed by atoms with Crippen LogP contribution in [0.15, 0.2) is 12.3 Å². The lowest BCUT2D eigenvalue weighted by atomic mass is 10.2. The molecule has 1 aliphatic rings. The first-order valence-electron chi connectivity index (χ1n) is 4.99. The first kappa shape index (κ1) is 9.40. The first-order chi connectivity index (χ1) is 6.75. The Morgan fingerprint density at radius 1 is 1.50 bits per heavy atom. The summed E-state index contributed by atoms with van der Waals surface area (Å²) in [4.78, 5) is 0. The van der Waals surface area contributed by atoms with Crippen LogP contribution in [0.4, 0.5) is 5.82 Å². The second-order valence-corrected chi connectivity index (χ2v) is 3.87. The zero-order chi connectivity index (χ0) is 9.97. The third-order valence-corrected chi connectivity index (χ3v) is 2.60. The highest BCUT2D eigenvalue weighted by Crippen LogP contribution is 2.21. The molecule has 0 spiro atoms. The van der Waals surface area contributed by atoms with Crippen LogP contribution >= 0.6 is 0 Å². The average Bonchev–Trinajstić information content (AvgIpc) is 2.52. The molecule has 4 nitrogen and oxygen atoms in total. The van der Waals surface area contributed by atoms with Crippen LogP contribution in [0.2, 0.25) is 0 Å². The summed E-state index contributed by atoms with van der Waals surface area (Å²) in [5.41, 5.74) is 1.08. The smallest absolute Gasteiger partial charge is 0.149 e. The molecule has 4 heteroatoms. The van der Waals surface area contributed by atoms with E-state index in [1.807, 2.05) is 13.0 Å². The SMILES string of the molecule is Cc1cnnc(NC2CCCC2O)c1. The Balaban J connectivity index is 2.03. The van der Waals surface area contributed by atoms with Gasteiger partial charge in [-0.2, -0.15) is 5.10 Å². The summed E-state index contributed by atoms with van der Waals surface area (Å²) in [6.45, 7) is 1.98. The molecule has 1 fully saturated rings. The van der Waals surface area contributed by atoms with E-state index in [0.29, 0.717) is 0 Å². The number of hydrogen-bond acceptors (Lipinski definition) is 4. The standard InChI is InChI=1S/C10H15N3O/c1-7-5-10(13-11-6-7)12-8-3-2-4-9(8)14/h5-6,8-9,14H,2-4H2,1H3,(H,12,13). The Labute approximate surface area is 83.4 Å². The second-order valence-electron chi connectivity index (χ2n) is 3.87. The minimum atomic E-state index is -0.239. The van der Waals surface area contributed by atoms with Gasteiger partial charge in [0, 0.05) is 0 Å². The molecule has 2 N–H and O–H groups in total. The van der Waals surface area contributed by atoms with Crippen LogP contribution in [-0.4, -0.2) is 27.4 Å². The molecule has 1 saturated carbocycles. The van der Waals surface area contributed by atoms with Gasteiger partial charge in [0.15, 0.2) is 0 Å². The van der Waals surface area contributed by atoms with Crippen LogP contribution in [0.3, 0.4) is 0 Å². The second kappa shape index (κ2) is 3.92. The number of rotatable bonds is 2. The van der Waals surface area contributed by atoms with E-state index in [9.17, 15) is 5.11 Å². The van der Waals surface area contributed by atoms with Gasteiger partial charge in [-0.3, -0.25) is 0 Å². The lowest BCUT2D eigenvalue weighted by Crippen LogP contribution is -2.28. The van der Waals surface area contributed by atoms with E-state index in [1.165, 1.54) is 0 Å². The molecule has 0 radical (unpaired) electrons. The Kier molecular flexibility index (Phi) is 2.63. The van der Waals surface area contributed by atoms with Gasteiger partial charge in [-0.05, 0) is 37.8 Å². The van der Waals surface area contributed by atoms with E-state index in [4.69, 9.17) is 0 Å². The molecule has 0 bridgehead atoms. The number of nitrogens with one attached hydrogen (secondary N) is 1. The molecule has 0 aliphatic heterocycles. The lowest BCUT2D eigenvalue weighted by Gasteiger charge is -2.16. The maximum absolute atomic E-state index is 9.61. The average molecular weight is 193 g/mol. The number of anilines is 1. The van der Waals surface area contributed by atoms with Crippen molar-refractivity contribution >= 4 is 5.82 Å². The normalized spacial score (nSPS) is 26.4. The van der Waals surface area contributed by atoms with Gasteiger partial charge in [-0.25, -0.2) is 0 Å². The fraction of sp³-hybridized carbons (Fsp3) is 0.600. The van der Waals surface area contributed by atoms with Crippen molar-refractivity contribution in [2.45, 2.75) is 38.3 Å². The highest BCUT2D eigenvalue weighted by Gasteiger charge is 2.25. The van der Waals surface area contributed by atoms with Crippen LogP contribution in [0.5, 0.6) is 0 Å². The Morgan fingerprint density at radius 2 is 2.36 bits per heavy atom. The van der Waals surface area contributed by atoms with E-state index in [2.05, 4.69) is 15.5 Å². The number of nitrogens with zero attached hydrogens (tertiary/aromatic N) is 2. The molecule has 1 aromatic rings. The van der Waals surface area contributed by atoms with Crippen LogP contribution in [0.1, 0.15) is 24.8 Å². The van der Waals surface area contributed by atoms with Crippen molar-refractivity contribution < 1.29 is 5.11 Å². The van der Waals surface area contributed by atoms with Crippen molar-refractivity contribution in [1.82, 2.24) is 10.2 Å². The van der Waals surface area contributed by atoms with Gasteiger partial charge in [-0.1, -0.05) is 0 Å². The van der Waals surface area contributed by atoms with E-state index >= 15 is 0 Å². The van der Waals surface area contributed by atoms with Crippen LogP contribution in [-0.2, 0) is 0 Å². The molecule has 2 unspecified atom stereocenters. The van der Waals surface area contributed by atoms with Gasteiger partial charge < -0.3 is 10.4 Å². The molecule has 1 aromatic heterocycles. The Morgan fingerprint density at radius 3 is 3.00 bits per heavy atom. The van der Waals surface area contributed by atoms with Crippen molar-refractivity contribution in [1.29, 1.82) is 0 Å². The van der Waals surface area contributed by atoms with E-state index < -0.39 is 0 Å². The fourth-order valence-corrected chi connectivity index (χ4v) is 1.83. The number of aryl methyl sites for hydroxylation is 1. The zero-order valence-corrected chi connectivity index (χ0v) is 8.27. The van der Waals surface area contributed by atoms with Gasteiger partial charge in [0.2, 0.25) is 0 Å². The Bertz CT molecular complexity index is 316. The molecule has 2 rings (SSSR count). The van der Waals surface area contributed by atoms with Crippen LogP contribution in [0, 0.1) is 6.92 Å². The predicted molar refractivity (Wildman–Crippen MR) is 54.0 cm³/mol. The maximum atomic E-state index is 9.61. The van der Waals surface area contributed by atoms with Crippen LogP contribution < -0.4 is 5.32 Å². The minimum absolute atomic E-state index is 0.145. The molecule has 2 atom stereocenters. The van der Waals surface area contributed by atoms with Crippen molar-refractivity contribution in [2.75, 3.05) is 5.32 Å². The molecule has 0 saturated heterocycles. The van der Waals surface area contributed by atoms with Crippen molar-refractivity contribution in [2.24, 2.45) is 0 Å². The predicted octanol–water partition coefficient (Wildman–Crippen LogP) is 1.11. The summed E-state index contributed by atoms with van der Waals surface area (Å²) < 4.78 is 0. The third-order valence-electron chi connectivity index (χ3n) is 2.60. The van der Waals surface area contributed by atoms with Crippen molar-refractivity contribution in [3.05, 3.63) is 17.8 Å². The number of aliphatic hydroxyl groups is 1. The summed E-state index contributed by atoms with van der Waals surface area (Å²) in [5, 5.41) is 20.6. The van der Waals surface area contributed by atoms with Crippen molar-refractivity contribution in [3.63, 3.8) is 0 Å². The minimum Gasteiger partial charge on any atom is -0.391 e. The topological polar surface area (TPSA) is 58.0 Å². The monoisotopic (exact) mass is 193 g/mol. The molecule has 14 heavy (non-hydrogen) atoms. The van der Waals surface area contributed by atoms with E-state index in [-0.39, 0.29) is 12.1 Å². The Hall–Kier alpha value is -1.16. The fourth-order valence-electron chi connectivity index (χ4n) is 1.83. The quantitative estimate of drug-likeness (QED) is 0.738. The molecule has 0 amide bonds. The molecule has 1 aliphatic carbocycles. The summed E-state index contributed by atoms with van der Waals surface area (Å²) in [6, 6.07) is 2.09. The summed E-state index contributed by atoms with van der Waals surface area (Å²) in [5.74, 6) is 0.760. The molecule has 0 aromatic carbocycles. The van der Waals surface area contributed by atoms with Gasteiger partial charge >= 0.3 is 0 Å². The number of aromatic nitrogens is 2. The lowest BCUT2D eigenvalue weighted by molar-refractivity contribution is 0.171. The summed E-state index contributed by atoms with van der Waals surface area (Å²) in [6.07, 6.45) is 4.46. The number of aliphatic hydroxyl groups excluding tert-OH is 1. The highest BCUT2D eigenvalue weighted by atomic mass is 16.3. The molecular formula is C10H15N3O. The van der Waals surface area contributed by atoms with Gasteiger partial charge in [0.25, 0.3) is 0 Å². The van der Waals surface area contributed by atoms with Crippen LogP contribution in [0.25, 0.3) is 0 Å². The first-order valence-corrected chi connectivity index (χ1v) is 4.99. The molecule has 76 valence electrons. The van der Waals surface area contributed by atoms with E-state index in [1.54, 1.807) is 6.20 Å². The summed E-state index contributed by atoms with van der Waals surface area (Å²) in [7, 11) is 0. The zero-order valence-electron chi connectivity index (χ0n) is 8.27. The maximum Gasteiger partial charge on any atom is 0.149 e. The highest BCUT2D eigenvalue weighted by molar-refractivity contribution is 5.36. The van der Waals surface area contributed by atoms with Gasteiger partial charge in [0.05, 0.1) is 18.3 Å². The number of hydrogen-bond donors (Lipinski definition) is 2. The molecule has 1 heterocycles. The molecular weight excluding hydrogens is 178 g/mol.